The largest absolute Gasteiger partial charge is 0.384 e. The molecule has 178 valence electrons. The standard InChI is InChI=1S/C22H29N5O5S/c1-13(15-5-6-15)27-12-17-9-16(19-11-20(23-14(2)28)24-26(19)3)10-18(21(17)22(27)29)25-33(30,31)8-7-32-4/h9-11,13,15,25H,5-8,12H2,1-4H3,(H,23,24,28)/t13-/m0/s1. The highest BCUT2D eigenvalue weighted by atomic mass is 32.2. The van der Waals surface area contributed by atoms with Gasteiger partial charge in [0.1, 0.15) is 0 Å². The number of sulfonamides is 1. The number of methoxy groups -OCH3 is 1. The highest BCUT2D eigenvalue weighted by Gasteiger charge is 2.40. The summed E-state index contributed by atoms with van der Waals surface area (Å²) in [5.41, 5.74) is 2.77. The zero-order valence-corrected chi connectivity index (χ0v) is 20.0. The number of hydrogen-bond donors (Lipinski definition) is 2. The molecule has 0 saturated heterocycles. The molecule has 1 aliphatic carbocycles. The fourth-order valence-corrected chi connectivity index (χ4v) is 5.24. The van der Waals surface area contributed by atoms with Crippen molar-refractivity contribution < 1.29 is 22.7 Å². The first-order chi connectivity index (χ1) is 15.6. The first-order valence-electron chi connectivity index (χ1n) is 10.9. The Bertz CT molecular complexity index is 1200. The minimum atomic E-state index is -3.73. The summed E-state index contributed by atoms with van der Waals surface area (Å²) in [6, 6.07) is 5.36. The summed E-state index contributed by atoms with van der Waals surface area (Å²) >= 11 is 0. The van der Waals surface area contributed by atoms with Crippen LogP contribution in [0.4, 0.5) is 11.5 Å². The number of benzene rings is 1. The normalized spacial score (nSPS) is 16.6. The molecule has 2 N–H and O–H groups in total. The lowest BCUT2D eigenvalue weighted by Gasteiger charge is -2.24. The lowest BCUT2D eigenvalue weighted by atomic mass is 10.0. The molecule has 2 aromatic rings. The van der Waals surface area contributed by atoms with Crippen LogP contribution >= 0.6 is 0 Å². The second kappa shape index (κ2) is 8.79. The summed E-state index contributed by atoms with van der Waals surface area (Å²) in [7, 11) is -0.555. The molecule has 2 aliphatic rings. The summed E-state index contributed by atoms with van der Waals surface area (Å²) in [6.07, 6.45) is 2.20. The van der Waals surface area contributed by atoms with Gasteiger partial charge in [-0.3, -0.25) is 19.0 Å². The van der Waals surface area contributed by atoms with Gasteiger partial charge in [-0.25, -0.2) is 8.42 Å². The first kappa shape index (κ1) is 23.2. The molecule has 1 aromatic carbocycles. The maximum absolute atomic E-state index is 13.3. The van der Waals surface area contributed by atoms with Gasteiger partial charge in [0.25, 0.3) is 5.91 Å². The Balaban J connectivity index is 1.76. The molecule has 33 heavy (non-hydrogen) atoms. The van der Waals surface area contributed by atoms with Crippen LogP contribution in [-0.2, 0) is 33.1 Å². The van der Waals surface area contributed by atoms with E-state index in [0.29, 0.717) is 35.1 Å². The Morgan fingerprint density at radius 3 is 2.67 bits per heavy atom. The zero-order valence-electron chi connectivity index (χ0n) is 19.2. The molecule has 0 bridgehead atoms. The molecule has 1 fully saturated rings. The van der Waals surface area contributed by atoms with E-state index >= 15 is 0 Å². The van der Waals surface area contributed by atoms with Crippen molar-refractivity contribution in [3.63, 3.8) is 0 Å². The van der Waals surface area contributed by atoms with Crippen LogP contribution in [0.2, 0.25) is 0 Å². The van der Waals surface area contributed by atoms with Gasteiger partial charge in [-0.1, -0.05) is 0 Å². The molecule has 1 atom stereocenters. The van der Waals surface area contributed by atoms with Gasteiger partial charge < -0.3 is 15.0 Å². The summed E-state index contributed by atoms with van der Waals surface area (Å²) in [5.74, 6) is 0.251. The topological polar surface area (TPSA) is 123 Å². The monoisotopic (exact) mass is 475 g/mol. The third kappa shape index (κ3) is 4.88. The Hall–Kier alpha value is -2.92. The van der Waals surface area contributed by atoms with Crippen molar-refractivity contribution in [3.8, 4) is 11.3 Å². The van der Waals surface area contributed by atoms with Crippen LogP contribution in [0.3, 0.4) is 0 Å². The maximum atomic E-state index is 13.3. The molecule has 0 radical (unpaired) electrons. The molecule has 4 rings (SSSR count). The van der Waals surface area contributed by atoms with Gasteiger partial charge in [0.15, 0.2) is 5.82 Å². The minimum absolute atomic E-state index is 0.0395. The number of fused-ring (bicyclic) bond motifs is 1. The van der Waals surface area contributed by atoms with Crippen molar-refractivity contribution in [1.82, 2.24) is 14.7 Å². The number of aromatic nitrogens is 2. The van der Waals surface area contributed by atoms with E-state index in [4.69, 9.17) is 4.74 Å². The number of carbonyl (C=O) groups excluding carboxylic acids is 2. The lowest BCUT2D eigenvalue weighted by Crippen LogP contribution is -2.35. The fourth-order valence-electron chi connectivity index (χ4n) is 4.26. The van der Waals surface area contributed by atoms with Gasteiger partial charge in [-0.05, 0) is 43.4 Å². The highest BCUT2D eigenvalue weighted by molar-refractivity contribution is 7.92. The number of anilines is 2. The van der Waals surface area contributed by atoms with E-state index in [1.807, 2.05) is 17.9 Å². The zero-order chi connectivity index (χ0) is 23.9. The number of nitrogens with one attached hydrogen (secondary N) is 2. The second-order valence-corrected chi connectivity index (χ2v) is 10.5. The van der Waals surface area contributed by atoms with Gasteiger partial charge in [-0.2, -0.15) is 5.10 Å². The summed E-state index contributed by atoms with van der Waals surface area (Å²) < 4.78 is 34.4. The van der Waals surface area contributed by atoms with Crippen molar-refractivity contribution in [2.24, 2.45) is 13.0 Å². The molecule has 2 heterocycles. The van der Waals surface area contributed by atoms with E-state index < -0.39 is 10.0 Å². The van der Waals surface area contributed by atoms with E-state index in [9.17, 15) is 18.0 Å². The van der Waals surface area contributed by atoms with E-state index in [-0.39, 0.29) is 35.9 Å². The maximum Gasteiger partial charge on any atom is 0.256 e. The van der Waals surface area contributed by atoms with Crippen LogP contribution in [0.5, 0.6) is 0 Å². The Kier molecular flexibility index (Phi) is 6.19. The van der Waals surface area contributed by atoms with Gasteiger partial charge >= 0.3 is 0 Å². The quantitative estimate of drug-likeness (QED) is 0.573. The van der Waals surface area contributed by atoms with Crippen LogP contribution < -0.4 is 10.0 Å². The minimum Gasteiger partial charge on any atom is -0.384 e. The molecule has 0 unspecified atom stereocenters. The number of rotatable bonds is 9. The van der Waals surface area contributed by atoms with Crippen LogP contribution in [0.25, 0.3) is 11.3 Å². The third-order valence-corrected chi connectivity index (χ3v) is 7.37. The smallest absolute Gasteiger partial charge is 0.256 e. The third-order valence-electron chi connectivity index (χ3n) is 6.13. The SMILES string of the molecule is COCCS(=O)(=O)Nc1cc(-c2cc(NC(C)=O)nn2C)cc2c1C(=O)N([C@@H](C)C1CC1)C2. The number of aryl methyl sites for hydroxylation is 1. The van der Waals surface area contributed by atoms with Crippen LogP contribution in [0.1, 0.15) is 42.6 Å². The van der Waals surface area contributed by atoms with Gasteiger partial charge in [0, 0.05) is 45.3 Å². The van der Waals surface area contributed by atoms with Crippen LogP contribution in [0.15, 0.2) is 18.2 Å². The van der Waals surface area contributed by atoms with E-state index in [2.05, 4.69) is 15.1 Å². The number of amides is 2. The average molecular weight is 476 g/mol. The molecule has 11 heteroatoms. The number of nitrogens with zero attached hydrogens (tertiary/aromatic N) is 3. The molecule has 1 saturated carbocycles. The molecular formula is C22H29N5O5S. The van der Waals surface area contributed by atoms with Crippen LogP contribution in [-0.4, -0.2) is 60.4 Å². The predicted molar refractivity (Wildman–Crippen MR) is 124 cm³/mol. The second-order valence-electron chi connectivity index (χ2n) is 8.70. The first-order valence-corrected chi connectivity index (χ1v) is 12.5. The lowest BCUT2D eigenvalue weighted by molar-refractivity contribution is -0.114. The Labute approximate surface area is 193 Å². The average Bonchev–Trinajstić information content (AvgIpc) is 3.44. The van der Waals surface area contributed by atoms with E-state index in [1.54, 1.807) is 23.9 Å². The van der Waals surface area contributed by atoms with Crippen molar-refractivity contribution >= 4 is 33.3 Å². The predicted octanol–water partition coefficient (Wildman–Crippen LogP) is 2.19. The molecule has 10 nitrogen and oxygen atoms in total. The summed E-state index contributed by atoms with van der Waals surface area (Å²) in [6.45, 7) is 3.91. The summed E-state index contributed by atoms with van der Waals surface area (Å²) in [4.78, 5) is 26.6. The van der Waals surface area contributed by atoms with E-state index in [1.165, 1.54) is 14.0 Å². The Morgan fingerprint density at radius 2 is 2.03 bits per heavy atom. The molecule has 0 spiro atoms. The van der Waals surface area contributed by atoms with Crippen molar-refractivity contribution in [2.45, 2.75) is 39.3 Å². The Morgan fingerprint density at radius 1 is 1.30 bits per heavy atom. The number of carbonyl (C=O) groups is 2. The molecule has 2 amide bonds. The summed E-state index contributed by atoms with van der Waals surface area (Å²) in [5, 5.41) is 6.96. The fraction of sp³-hybridized carbons (Fsp3) is 0.500. The van der Waals surface area contributed by atoms with Gasteiger partial charge in [0.05, 0.1) is 29.3 Å². The van der Waals surface area contributed by atoms with Gasteiger partial charge in [-0.15, -0.1) is 0 Å². The van der Waals surface area contributed by atoms with Crippen molar-refractivity contribution in [3.05, 3.63) is 29.3 Å². The molecular weight excluding hydrogens is 446 g/mol. The van der Waals surface area contributed by atoms with Gasteiger partial charge in [0.2, 0.25) is 15.9 Å². The molecule has 1 aromatic heterocycles. The van der Waals surface area contributed by atoms with Crippen molar-refractivity contribution in [1.29, 1.82) is 0 Å². The van der Waals surface area contributed by atoms with E-state index in [0.717, 1.165) is 18.4 Å². The van der Waals surface area contributed by atoms with Crippen molar-refractivity contribution in [2.75, 3.05) is 29.5 Å². The number of ether oxygens (including phenoxy) is 1. The molecule has 1 aliphatic heterocycles. The highest BCUT2D eigenvalue weighted by Crippen LogP contribution is 2.41. The number of hydrogen-bond acceptors (Lipinski definition) is 6. The van der Waals surface area contributed by atoms with Crippen LogP contribution in [0, 0.1) is 5.92 Å².